The first-order chi connectivity index (χ1) is 26.2. The lowest BCUT2D eigenvalue weighted by molar-refractivity contribution is 0.0991. The van der Waals surface area contributed by atoms with Crippen LogP contribution in [-0.4, -0.2) is 93.9 Å². The Bertz CT molecular complexity index is 2520. The molecule has 55 heavy (non-hydrogen) atoms. The maximum Gasteiger partial charge on any atom is 0.276 e. The van der Waals surface area contributed by atoms with Crippen LogP contribution in [0.4, 0.5) is 11.9 Å². The summed E-state index contributed by atoms with van der Waals surface area (Å²) in [6, 6.07) is 9.73. The number of primary amides is 2. The summed E-state index contributed by atoms with van der Waals surface area (Å²) in [5.74, 6) is -0.739. The first-order valence-corrected chi connectivity index (χ1v) is 17.9. The molecule has 0 saturated heterocycles. The number of hydrogen-bond acceptors (Lipinski definition) is 10. The molecule has 6 N–H and O–H groups in total. The summed E-state index contributed by atoms with van der Waals surface area (Å²) in [5, 5.41) is 15.1. The predicted octanol–water partition coefficient (Wildman–Crippen LogP) is 2.78. The van der Waals surface area contributed by atoms with Gasteiger partial charge in [-0.15, -0.1) is 0 Å². The minimum Gasteiger partial charge on any atom is -0.489 e. The van der Waals surface area contributed by atoms with Crippen molar-refractivity contribution in [2.24, 2.45) is 18.5 Å². The summed E-state index contributed by atoms with van der Waals surface area (Å²) in [4.78, 5) is 62.4. The number of nitrogens with zero attached hydrogens (tertiary/aromatic N) is 9. The fraction of sp³-hybridized carbons (Fsp3) is 0.351. The average Bonchev–Trinajstić information content (AvgIpc) is 3.89. The first kappa shape index (κ1) is 36.8. The number of ether oxygens (including phenoxy) is 1. The second-order valence-corrected chi connectivity index (χ2v) is 13.8. The van der Waals surface area contributed by atoms with Crippen LogP contribution < -0.4 is 26.8 Å². The molecule has 0 radical (unpaired) electrons. The number of aryl methyl sites for hydroxylation is 4. The maximum absolute atomic E-state index is 14.0. The Morgan fingerprint density at radius 2 is 1.62 bits per heavy atom. The number of aromatic nitrogens is 8. The Balaban J connectivity index is 1.04. The zero-order valence-corrected chi connectivity index (χ0v) is 31.5. The quantitative estimate of drug-likeness (QED) is 0.135. The number of hydrogen-bond donors (Lipinski definition) is 4. The molecule has 0 saturated carbocycles. The molecule has 2 aromatic carbocycles. The van der Waals surface area contributed by atoms with E-state index in [2.05, 4.69) is 35.7 Å². The normalized spacial score (nSPS) is 13.8. The average molecular weight is 750 g/mol. The minimum absolute atomic E-state index is 0.128. The third-order valence-corrected chi connectivity index (χ3v) is 9.91. The number of carbonyl (C=O) groups is 4. The highest BCUT2D eigenvalue weighted by Gasteiger charge is 2.29. The van der Waals surface area contributed by atoms with Gasteiger partial charge in [0.2, 0.25) is 23.7 Å². The van der Waals surface area contributed by atoms with Crippen molar-refractivity contribution < 1.29 is 23.9 Å². The molecule has 1 aliphatic rings. The Morgan fingerprint density at radius 1 is 0.909 bits per heavy atom. The molecule has 5 heterocycles. The lowest BCUT2D eigenvalue weighted by atomic mass is 10.1. The van der Waals surface area contributed by atoms with Crippen LogP contribution in [0.1, 0.15) is 78.5 Å². The SMILES string of the molecule is CCn1nc(C)c(CCN(C)CCn2nc(C)cc2C(=O)Nc2nc3cc(C(N)=O)ccc3n2C)c1C(=O)Nc1nc2cc(C(N)=O)cc3c2n1[C@@H](C)CO3. The van der Waals surface area contributed by atoms with E-state index in [1.54, 1.807) is 57.4 Å². The van der Waals surface area contributed by atoms with E-state index in [4.69, 9.17) is 16.2 Å². The second kappa shape index (κ2) is 14.3. The van der Waals surface area contributed by atoms with Crippen molar-refractivity contribution in [2.75, 3.05) is 37.4 Å². The summed E-state index contributed by atoms with van der Waals surface area (Å²) in [6.07, 6.45) is 0.535. The van der Waals surface area contributed by atoms with Gasteiger partial charge in [-0.1, -0.05) is 0 Å². The zero-order valence-electron chi connectivity index (χ0n) is 31.5. The lowest BCUT2D eigenvalue weighted by Crippen LogP contribution is -2.29. The highest BCUT2D eigenvalue weighted by atomic mass is 16.5. The molecule has 18 heteroatoms. The van der Waals surface area contributed by atoms with Crippen molar-refractivity contribution in [3.8, 4) is 5.75 Å². The van der Waals surface area contributed by atoms with E-state index in [-0.39, 0.29) is 23.4 Å². The van der Waals surface area contributed by atoms with Gasteiger partial charge < -0.3 is 30.2 Å². The highest BCUT2D eigenvalue weighted by Crippen LogP contribution is 2.37. The van der Waals surface area contributed by atoms with Gasteiger partial charge in [-0.05, 0) is 77.6 Å². The molecule has 286 valence electrons. The monoisotopic (exact) mass is 749 g/mol. The Labute approximate surface area is 315 Å². The van der Waals surface area contributed by atoms with E-state index < -0.39 is 11.8 Å². The second-order valence-electron chi connectivity index (χ2n) is 13.8. The molecule has 4 aromatic heterocycles. The smallest absolute Gasteiger partial charge is 0.276 e. The number of fused-ring (bicyclic) bond motifs is 1. The summed E-state index contributed by atoms with van der Waals surface area (Å²) in [5.41, 5.74) is 17.1. The third kappa shape index (κ3) is 6.87. The largest absolute Gasteiger partial charge is 0.489 e. The van der Waals surface area contributed by atoms with Crippen LogP contribution in [0.25, 0.3) is 22.1 Å². The molecule has 0 aliphatic carbocycles. The van der Waals surface area contributed by atoms with Gasteiger partial charge in [0.05, 0.1) is 40.5 Å². The Hall–Kier alpha value is -6.56. The molecular weight excluding hydrogens is 706 g/mol. The highest BCUT2D eigenvalue weighted by molar-refractivity contribution is 6.06. The predicted molar refractivity (Wildman–Crippen MR) is 204 cm³/mol. The summed E-state index contributed by atoms with van der Waals surface area (Å²) in [7, 11) is 3.74. The van der Waals surface area contributed by atoms with E-state index in [9.17, 15) is 19.2 Å². The zero-order chi connectivity index (χ0) is 39.3. The molecule has 0 unspecified atom stereocenters. The van der Waals surface area contributed by atoms with E-state index in [1.165, 1.54) is 0 Å². The minimum atomic E-state index is -0.596. The summed E-state index contributed by atoms with van der Waals surface area (Å²) < 4.78 is 12.9. The Kier molecular flexibility index (Phi) is 9.60. The van der Waals surface area contributed by atoms with Crippen LogP contribution in [0.5, 0.6) is 5.75 Å². The van der Waals surface area contributed by atoms with Crippen LogP contribution in [0, 0.1) is 13.8 Å². The number of anilines is 2. The van der Waals surface area contributed by atoms with Crippen LogP contribution in [0.2, 0.25) is 0 Å². The van der Waals surface area contributed by atoms with Crippen molar-refractivity contribution in [1.29, 1.82) is 0 Å². The molecular formula is C37H43N13O5. The van der Waals surface area contributed by atoms with Crippen molar-refractivity contribution in [2.45, 2.75) is 53.2 Å². The third-order valence-electron chi connectivity index (χ3n) is 9.91. The number of imidazole rings is 2. The molecule has 4 amide bonds. The van der Waals surface area contributed by atoms with Crippen LogP contribution in [-0.2, 0) is 26.6 Å². The summed E-state index contributed by atoms with van der Waals surface area (Å²) in [6.45, 7) is 10.0. The molecule has 7 rings (SSSR count). The van der Waals surface area contributed by atoms with Crippen molar-refractivity contribution in [1.82, 2.24) is 43.6 Å². The number of carbonyl (C=O) groups excluding carboxylic acids is 4. The van der Waals surface area contributed by atoms with Gasteiger partial charge in [-0.3, -0.25) is 39.2 Å². The topological polar surface area (TPSA) is 228 Å². The fourth-order valence-corrected chi connectivity index (χ4v) is 7.02. The van der Waals surface area contributed by atoms with Crippen molar-refractivity contribution >= 4 is 57.6 Å². The van der Waals surface area contributed by atoms with Crippen LogP contribution >= 0.6 is 0 Å². The molecule has 18 nitrogen and oxygen atoms in total. The number of nitrogens with two attached hydrogens (primary N) is 2. The molecule has 0 fully saturated rings. The van der Waals surface area contributed by atoms with E-state index in [0.29, 0.717) is 96.0 Å². The number of benzene rings is 2. The van der Waals surface area contributed by atoms with Gasteiger partial charge in [0.15, 0.2) is 0 Å². The standard InChI is InChI=1S/C37H43N13O5/c1-7-48-30(35(54)43-37-41-26-16-23(33(39)52)17-29-31(26)50(37)20(3)18-55-29)24(21(4)45-48)10-11-46(5)12-13-49-28(14-19(2)44-49)34(53)42-36-40-25-15-22(32(38)51)8-9-27(25)47(36)6/h8-9,14-17,20H,7,10-13,18H2,1-6H3,(H2,38,51)(H2,39,52)(H,40,42,53)(H,41,43,54)/t20-/m0/s1. The van der Waals surface area contributed by atoms with Gasteiger partial charge in [-0.2, -0.15) is 10.2 Å². The molecule has 6 aromatic rings. The van der Waals surface area contributed by atoms with Crippen molar-refractivity contribution in [3.05, 3.63) is 75.9 Å². The van der Waals surface area contributed by atoms with E-state index >= 15 is 0 Å². The van der Waals surface area contributed by atoms with E-state index in [1.807, 2.05) is 39.3 Å². The van der Waals surface area contributed by atoms with Crippen LogP contribution in [0.15, 0.2) is 36.4 Å². The van der Waals surface area contributed by atoms with Crippen LogP contribution in [0.3, 0.4) is 0 Å². The fourth-order valence-electron chi connectivity index (χ4n) is 7.02. The maximum atomic E-state index is 14.0. The molecule has 0 bridgehead atoms. The number of nitrogens with one attached hydrogen (secondary N) is 2. The van der Waals surface area contributed by atoms with E-state index in [0.717, 1.165) is 16.8 Å². The number of rotatable bonds is 13. The molecule has 1 aliphatic heterocycles. The lowest BCUT2D eigenvalue weighted by Gasteiger charge is -2.24. The molecule has 0 spiro atoms. The first-order valence-electron chi connectivity index (χ1n) is 17.9. The number of likely N-dealkylation sites (N-methyl/N-ethyl adjacent to an activating group) is 1. The Morgan fingerprint density at radius 3 is 2.35 bits per heavy atom. The van der Waals surface area contributed by atoms with Gasteiger partial charge >= 0.3 is 0 Å². The number of amides is 4. The van der Waals surface area contributed by atoms with Gasteiger partial charge in [0.25, 0.3) is 11.8 Å². The van der Waals surface area contributed by atoms with Gasteiger partial charge in [0.1, 0.15) is 29.3 Å². The van der Waals surface area contributed by atoms with Gasteiger partial charge in [0, 0.05) is 43.4 Å². The molecule has 1 atom stereocenters. The summed E-state index contributed by atoms with van der Waals surface area (Å²) >= 11 is 0. The van der Waals surface area contributed by atoms with Crippen molar-refractivity contribution in [3.63, 3.8) is 0 Å². The van der Waals surface area contributed by atoms with Gasteiger partial charge in [-0.25, -0.2) is 9.97 Å².